The fraction of sp³-hybridized carbons (Fsp3) is 0.600. The Morgan fingerprint density at radius 2 is 2.10 bits per heavy atom. The van der Waals surface area contributed by atoms with Gasteiger partial charge in [0.15, 0.2) is 0 Å². The molecule has 21 heavy (non-hydrogen) atoms. The van der Waals surface area contributed by atoms with Crippen LogP contribution in [0.4, 0.5) is 0 Å². The summed E-state index contributed by atoms with van der Waals surface area (Å²) in [5.41, 5.74) is 0. The summed E-state index contributed by atoms with van der Waals surface area (Å²) in [5.74, 6) is 0.497. The molecule has 4 nitrogen and oxygen atoms in total. The predicted molar refractivity (Wildman–Crippen MR) is 84.4 cm³/mol. The molecule has 1 atom stereocenters. The fourth-order valence-electron chi connectivity index (χ4n) is 2.43. The second-order valence-corrected chi connectivity index (χ2v) is 6.17. The normalized spacial score (nSPS) is 18.0. The Morgan fingerprint density at radius 3 is 2.81 bits per heavy atom. The van der Waals surface area contributed by atoms with Gasteiger partial charge < -0.3 is 19.5 Å². The Hall–Kier alpha value is -0.520. The topological polar surface area (TPSA) is 41.9 Å². The highest BCUT2D eigenvalue weighted by atomic mass is 35.5. The number of hydrogen-bond acceptors (Lipinski definition) is 4. The van der Waals surface area contributed by atoms with Crippen LogP contribution in [0.15, 0.2) is 18.2 Å². The van der Waals surface area contributed by atoms with Crippen molar-refractivity contribution in [3.8, 4) is 5.75 Å². The van der Waals surface area contributed by atoms with Crippen molar-refractivity contribution in [3.05, 3.63) is 28.2 Å². The molecule has 0 saturated carbocycles. The van der Waals surface area contributed by atoms with E-state index in [1.54, 1.807) is 18.2 Å². The second-order valence-electron chi connectivity index (χ2n) is 5.32. The number of benzene rings is 1. The van der Waals surface area contributed by atoms with E-state index in [2.05, 4.69) is 4.90 Å². The molecule has 2 rings (SSSR count). The molecule has 0 amide bonds. The minimum atomic E-state index is -0.576. The van der Waals surface area contributed by atoms with Gasteiger partial charge in [0, 0.05) is 36.9 Å². The number of aliphatic hydroxyl groups is 1. The molecule has 1 heterocycles. The summed E-state index contributed by atoms with van der Waals surface area (Å²) in [6.45, 7) is 2.33. The van der Waals surface area contributed by atoms with Crippen molar-refractivity contribution in [2.24, 2.45) is 0 Å². The zero-order chi connectivity index (χ0) is 15.2. The van der Waals surface area contributed by atoms with Crippen LogP contribution in [0.2, 0.25) is 10.0 Å². The minimum Gasteiger partial charge on any atom is -0.489 e. The van der Waals surface area contributed by atoms with Crippen LogP contribution in [0.5, 0.6) is 5.75 Å². The van der Waals surface area contributed by atoms with E-state index < -0.39 is 6.10 Å². The van der Waals surface area contributed by atoms with Gasteiger partial charge in [-0.2, -0.15) is 0 Å². The van der Waals surface area contributed by atoms with Crippen LogP contribution < -0.4 is 4.74 Å². The Kier molecular flexibility index (Phi) is 6.58. The van der Waals surface area contributed by atoms with Crippen molar-refractivity contribution in [2.75, 3.05) is 33.4 Å². The molecule has 1 aliphatic heterocycles. The van der Waals surface area contributed by atoms with Gasteiger partial charge in [-0.3, -0.25) is 0 Å². The molecule has 1 fully saturated rings. The van der Waals surface area contributed by atoms with Gasteiger partial charge >= 0.3 is 0 Å². The van der Waals surface area contributed by atoms with Crippen molar-refractivity contribution in [1.82, 2.24) is 4.90 Å². The van der Waals surface area contributed by atoms with E-state index in [9.17, 15) is 5.11 Å². The fourth-order valence-corrected chi connectivity index (χ4v) is 2.77. The molecular weight excluding hydrogens is 313 g/mol. The van der Waals surface area contributed by atoms with E-state index in [1.165, 1.54) is 0 Å². The molecule has 1 aromatic carbocycles. The van der Waals surface area contributed by atoms with Gasteiger partial charge in [0.1, 0.15) is 18.5 Å². The van der Waals surface area contributed by atoms with Gasteiger partial charge in [-0.05, 0) is 32.0 Å². The lowest BCUT2D eigenvalue weighted by molar-refractivity contribution is 0.0159. The molecular formula is C15H21Cl2NO3. The number of hydrogen-bond donors (Lipinski definition) is 1. The van der Waals surface area contributed by atoms with E-state index in [0.29, 0.717) is 28.4 Å². The highest BCUT2D eigenvalue weighted by molar-refractivity contribution is 6.34. The summed E-state index contributed by atoms with van der Waals surface area (Å²) in [5, 5.41) is 11.1. The van der Waals surface area contributed by atoms with Crippen LogP contribution in [-0.2, 0) is 4.74 Å². The summed E-state index contributed by atoms with van der Waals surface area (Å²) >= 11 is 11.9. The smallest absolute Gasteiger partial charge is 0.139 e. The standard InChI is InChI=1S/C15H21Cl2NO3/c1-18(12-4-6-20-7-5-12)9-13(19)10-21-15-8-11(16)2-3-14(15)17/h2-3,8,12-13,19H,4-7,9-10H2,1H3. The Balaban J connectivity index is 1.78. The van der Waals surface area contributed by atoms with E-state index in [0.717, 1.165) is 26.1 Å². The first kappa shape index (κ1) is 16.8. The Labute approximate surface area is 135 Å². The Bertz CT molecular complexity index is 453. The highest BCUT2D eigenvalue weighted by Gasteiger charge is 2.20. The van der Waals surface area contributed by atoms with Gasteiger partial charge in [-0.25, -0.2) is 0 Å². The molecule has 0 spiro atoms. The number of rotatable bonds is 6. The molecule has 1 aliphatic rings. The zero-order valence-corrected chi connectivity index (χ0v) is 13.6. The molecule has 0 aromatic heterocycles. The quantitative estimate of drug-likeness (QED) is 0.869. The molecule has 1 N–H and O–H groups in total. The van der Waals surface area contributed by atoms with Gasteiger partial charge in [-0.15, -0.1) is 0 Å². The number of halogens is 2. The highest BCUT2D eigenvalue weighted by Crippen LogP contribution is 2.27. The van der Waals surface area contributed by atoms with Crippen LogP contribution in [-0.4, -0.2) is 55.6 Å². The lowest BCUT2D eigenvalue weighted by Crippen LogP contribution is -2.42. The van der Waals surface area contributed by atoms with E-state index in [1.807, 2.05) is 7.05 Å². The number of nitrogens with zero attached hydrogens (tertiary/aromatic N) is 1. The third kappa shape index (κ3) is 5.31. The Morgan fingerprint density at radius 1 is 1.38 bits per heavy atom. The van der Waals surface area contributed by atoms with E-state index in [4.69, 9.17) is 32.7 Å². The van der Waals surface area contributed by atoms with Crippen molar-refractivity contribution >= 4 is 23.2 Å². The number of ether oxygens (including phenoxy) is 2. The van der Waals surface area contributed by atoms with Crippen LogP contribution in [0, 0.1) is 0 Å². The summed E-state index contributed by atoms with van der Waals surface area (Å²) < 4.78 is 10.9. The number of aliphatic hydroxyl groups excluding tert-OH is 1. The SMILES string of the molecule is CN(CC(O)COc1cc(Cl)ccc1Cl)C1CCOCC1. The van der Waals surface area contributed by atoms with Gasteiger partial charge in [0.25, 0.3) is 0 Å². The van der Waals surface area contributed by atoms with Gasteiger partial charge in [0.05, 0.1) is 5.02 Å². The maximum Gasteiger partial charge on any atom is 0.139 e. The first-order valence-corrected chi connectivity index (χ1v) is 7.85. The molecule has 6 heteroatoms. The summed E-state index contributed by atoms with van der Waals surface area (Å²) in [4.78, 5) is 2.16. The molecule has 0 radical (unpaired) electrons. The largest absolute Gasteiger partial charge is 0.489 e. The van der Waals surface area contributed by atoms with Crippen molar-refractivity contribution in [3.63, 3.8) is 0 Å². The van der Waals surface area contributed by atoms with E-state index in [-0.39, 0.29) is 6.61 Å². The van der Waals surface area contributed by atoms with Crippen LogP contribution >= 0.6 is 23.2 Å². The average molecular weight is 334 g/mol. The van der Waals surface area contributed by atoms with Crippen molar-refractivity contribution < 1.29 is 14.6 Å². The summed E-state index contributed by atoms with van der Waals surface area (Å²) in [6.07, 6.45) is 1.43. The van der Waals surface area contributed by atoms with Crippen LogP contribution in [0.1, 0.15) is 12.8 Å². The first-order chi connectivity index (χ1) is 10.1. The third-order valence-electron chi connectivity index (χ3n) is 3.64. The molecule has 118 valence electrons. The van der Waals surface area contributed by atoms with Crippen LogP contribution in [0.25, 0.3) is 0 Å². The second kappa shape index (κ2) is 8.20. The minimum absolute atomic E-state index is 0.188. The molecule has 1 aromatic rings. The maximum absolute atomic E-state index is 10.1. The summed E-state index contributed by atoms with van der Waals surface area (Å²) in [6, 6.07) is 5.49. The molecule has 1 unspecified atom stereocenters. The summed E-state index contributed by atoms with van der Waals surface area (Å²) in [7, 11) is 2.02. The van der Waals surface area contributed by atoms with Crippen molar-refractivity contribution in [1.29, 1.82) is 0 Å². The van der Waals surface area contributed by atoms with Gasteiger partial charge in [-0.1, -0.05) is 23.2 Å². The zero-order valence-electron chi connectivity index (χ0n) is 12.1. The maximum atomic E-state index is 10.1. The first-order valence-electron chi connectivity index (χ1n) is 7.10. The molecule has 0 aliphatic carbocycles. The average Bonchev–Trinajstić information content (AvgIpc) is 2.49. The lowest BCUT2D eigenvalue weighted by atomic mass is 10.1. The molecule has 1 saturated heterocycles. The molecule has 0 bridgehead atoms. The van der Waals surface area contributed by atoms with Crippen LogP contribution in [0.3, 0.4) is 0 Å². The van der Waals surface area contributed by atoms with Crippen molar-refractivity contribution in [2.45, 2.75) is 25.0 Å². The number of likely N-dealkylation sites (N-methyl/N-ethyl adjacent to an activating group) is 1. The third-order valence-corrected chi connectivity index (χ3v) is 4.18. The van der Waals surface area contributed by atoms with E-state index >= 15 is 0 Å². The monoisotopic (exact) mass is 333 g/mol. The predicted octanol–water partition coefficient (Wildman–Crippen LogP) is 2.84. The van der Waals surface area contributed by atoms with Gasteiger partial charge in [0.2, 0.25) is 0 Å². The lowest BCUT2D eigenvalue weighted by Gasteiger charge is -2.32.